The lowest BCUT2D eigenvalue weighted by Crippen LogP contribution is -2.17. The summed E-state index contributed by atoms with van der Waals surface area (Å²) in [7, 11) is 0. The van der Waals surface area contributed by atoms with E-state index in [0.29, 0.717) is 11.3 Å². The molecule has 1 heterocycles. The van der Waals surface area contributed by atoms with E-state index in [0.717, 1.165) is 23.0 Å². The Bertz CT molecular complexity index is 1600. The van der Waals surface area contributed by atoms with E-state index in [2.05, 4.69) is 25.3 Å². The van der Waals surface area contributed by atoms with Crippen LogP contribution in [-0.4, -0.2) is 21.0 Å². The number of allylic oxidation sites excluding steroid dienone is 6. The summed E-state index contributed by atoms with van der Waals surface area (Å²) in [6.45, 7) is 0. The predicted octanol–water partition coefficient (Wildman–Crippen LogP) is 8.13. The van der Waals surface area contributed by atoms with Crippen molar-refractivity contribution in [3.63, 3.8) is 0 Å². The second-order valence-corrected chi connectivity index (χ2v) is 8.95. The molecule has 13 heteroatoms. The monoisotopic (exact) mass is 573 g/mol. The van der Waals surface area contributed by atoms with Gasteiger partial charge in [-0.15, -0.1) is 18.3 Å². The van der Waals surface area contributed by atoms with Gasteiger partial charge in [0, 0.05) is 11.6 Å². The Balaban J connectivity index is 1.28. The molecule has 1 N–H and O–H groups in total. The Hall–Kier alpha value is -4.52. The average molecular weight is 574 g/mol. The van der Waals surface area contributed by atoms with Crippen LogP contribution in [0.1, 0.15) is 22.9 Å². The van der Waals surface area contributed by atoms with Gasteiger partial charge in [0.15, 0.2) is 0 Å². The van der Waals surface area contributed by atoms with E-state index in [9.17, 15) is 26.3 Å². The molecule has 204 valence electrons. The summed E-state index contributed by atoms with van der Waals surface area (Å²) in [5.41, 5.74) is 2.66. The first-order valence-corrected chi connectivity index (χ1v) is 12.0. The van der Waals surface area contributed by atoms with Crippen molar-refractivity contribution in [3.05, 3.63) is 113 Å². The molecule has 2 aliphatic carbocycles. The van der Waals surface area contributed by atoms with Crippen LogP contribution in [0.3, 0.4) is 0 Å². The maximum atomic E-state index is 13.2. The molecule has 0 fully saturated rings. The highest BCUT2D eigenvalue weighted by atomic mass is 32.1. The molecule has 5 rings (SSSR count). The summed E-state index contributed by atoms with van der Waals surface area (Å²) < 4.78 is 82.5. The summed E-state index contributed by atoms with van der Waals surface area (Å²) in [6, 6.07) is 10.4. The Morgan fingerprint density at radius 1 is 1.00 bits per heavy atom. The smallest absolute Gasteiger partial charge is 0.406 e. The maximum absolute atomic E-state index is 13.2. The van der Waals surface area contributed by atoms with Crippen molar-refractivity contribution in [2.24, 2.45) is 10.2 Å². The fourth-order valence-electron chi connectivity index (χ4n) is 4.22. The fraction of sp³-hybridized carbons (Fsp3) is 0.111. The number of ether oxygens (including phenoxy) is 1. The number of hydrogen-bond donors (Lipinski definition) is 1. The standard InChI is InChI=1S/C27H17F6N5OS/c28-26(29,30)21-3-1-2-4-22(21)36-25(40)37-35-14-16-5-11-20-17(13-16)6-12-23-24(20)34-15-38(23)18-7-9-19(10-8-18)39-27(31,32)33/h1-15,20H,(H,36,40). The highest BCUT2D eigenvalue weighted by Gasteiger charge is 2.33. The van der Waals surface area contributed by atoms with Gasteiger partial charge in [-0.3, -0.25) is 4.57 Å². The summed E-state index contributed by atoms with van der Waals surface area (Å²) in [6.07, 6.45) is 3.01. The molecule has 2 aromatic carbocycles. The molecule has 0 spiro atoms. The van der Waals surface area contributed by atoms with Crippen molar-refractivity contribution >= 4 is 29.1 Å². The lowest BCUT2D eigenvalue weighted by molar-refractivity contribution is -0.274. The number of alkyl halides is 6. The number of nitrogens with one attached hydrogen (secondary N) is 1. The number of aromatic nitrogens is 2. The summed E-state index contributed by atoms with van der Waals surface area (Å²) in [5, 5.41) is 9.89. The van der Waals surface area contributed by atoms with E-state index < -0.39 is 18.1 Å². The second-order valence-electron chi connectivity index (χ2n) is 8.56. The number of hydrogen-bond acceptors (Lipinski definition) is 4. The SMILES string of the molecule is FC(F)(F)Oc1ccc(-n2cnc3c2C=CC2=CC(=CN=NC(=S)Nc4ccccc4C(F)(F)F)C=CC23)cc1. The largest absolute Gasteiger partial charge is 0.573 e. The fourth-order valence-corrected chi connectivity index (χ4v) is 4.38. The van der Waals surface area contributed by atoms with Gasteiger partial charge in [0.05, 0.1) is 28.8 Å². The number of fused-ring (bicyclic) bond motifs is 3. The van der Waals surface area contributed by atoms with Gasteiger partial charge in [-0.05, 0) is 71.9 Å². The number of thiocarbonyl (C=S) groups is 1. The van der Waals surface area contributed by atoms with Crippen molar-refractivity contribution in [2.45, 2.75) is 18.5 Å². The highest BCUT2D eigenvalue weighted by Crippen LogP contribution is 2.38. The second kappa shape index (κ2) is 10.6. The third-order valence-electron chi connectivity index (χ3n) is 5.91. The van der Waals surface area contributed by atoms with E-state index in [1.165, 1.54) is 48.7 Å². The quantitative estimate of drug-likeness (QED) is 0.195. The minimum Gasteiger partial charge on any atom is -0.406 e. The summed E-state index contributed by atoms with van der Waals surface area (Å²) in [4.78, 5) is 4.52. The number of para-hydroxylation sites is 1. The van der Waals surface area contributed by atoms with Gasteiger partial charge in [0.2, 0.25) is 5.11 Å². The first-order valence-electron chi connectivity index (χ1n) is 11.6. The molecule has 1 aromatic heterocycles. The molecule has 40 heavy (non-hydrogen) atoms. The number of nitrogens with zero attached hydrogens (tertiary/aromatic N) is 4. The number of benzene rings is 2. The Morgan fingerprint density at radius 2 is 1.75 bits per heavy atom. The number of azo groups is 1. The van der Waals surface area contributed by atoms with Gasteiger partial charge in [-0.1, -0.05) is 30.4 Å². The first-order chi connectivity index (χ1) is 19.0. The number of rotatable bonds is 4. The zero-order chi connectivity index (χ0) is 28.5. The Kier molecular flexibility index (Phi) is 7.15. The van der Waals surface area contributed by atoms with Gasteiger partial charge in [0.25, 0.3) is 0 Å². The molecule has 0 amide bonds. The van der Waals surface area contributed by atoms with E-state index in [1.807, 2.05) is 24.3 Å². The molecule has 2 aliphatic rings. The molecule has 0 saturated carbocycles. The van der Waals surface area contributed by atoms with Gasteiger partial charge in [-0.25, -0.2) is 4.98 Å². The van der Waals surface area contributed by atoms with E-state index in [1.54, 1.807) is 17.0 Å². The van der Waals surface area contributed by atoms with Crippen LogP contribution in [0.5, 0.6) is 5.75 Å². The minimum absolute atomic E-state index is 0.162. The van der Waals surface area contributed by atoms with Crippen molar-refractivity contribution < 1.29 is 31.1 Å². The topological polar surface area (TPSA) is 63.8 Å². The lowest BCUT2D eigenvalue weighted by Gasteiger charge is -2.22. The normalized spacial score (nSPS) is 17.5. The number of imidazole rings is 1. The lowest BCUT2D eigenvalue weighted by atomic mass is 9.84. The van der Waals surface area contributed by atoms with Crippen molar-refractivity contribution in [2.75, 3.05) is 5.32 Å². The van der Waals surface area contributed by atoms with Gasteiger partial charge in [-0.2, -0.15) is 18.3 Å². The van der Waals surface area contributed by atoms with Crippen molar-refractivity contribution in [3.8, 4) is 11.4 Å². The number of halogens is 6. The summed E-state index contributed by atoms with van der Waals surface area (Å²) >= 11 is 5.01. The van der Waals surface area contributed by atoms with Crippen LogP contribution in [0.25, 0.3) is 11.8 Å². The van der Waals surface area contributed by atoms with Gasteiger partial charge >= 0.3 is 12.5 Å². The van der Waals surface area contributed by atoms with Crippen LogP contribution in [0, 0.1) is 0 Å². The van der Waals surface area contributed by atoms with Crippen LogP contribution < -0.4 is 10.1 Å². The molecular formula is C27H17F6N5OS. The zero-order valence-electron chi connectivity index (χ0n) is 20.1. The van der Waals surface area contributed by atoms with Gasteiger partial charge in [0.1, 0.15) is 12.1 Å². The number of anilines is 1. The predicted molar refractivity (Wildman–Crippen MR) is 140 cm³/mol. The van der Waals surface area contributed by atoms with Crippen molar-refractivity contribution in [1.82, 2.24) is 9.55 Å². The highest BCUT2D eigenvalue weighted by molar-refractivity contribution is 7.80. The van der Waals surface area contributed by atoms with Crippen LogP contribution in [0.15, 0.2) is 107 Å². The van der Waals surface area contributed by atoms with Gasteiger partial charge < -0.3 is 10.1 Å². The first kappa shape index (κ1) is 27.1. The molecular weight excluding hydrogens is 556 g/mol. The molecule has 1 atom stereocenters. The average Bonchev–Trinajstić information content (AvgIpc) is 3.32. The van der Waals surface area contributed by atoms with E-state index in [-0.39, 0.29) is 22.5 Å². The Labute approximate surface area is 228 Å². The third kappa shape index (κ3) is 6.04. The van der Waals surface area contributed by atoms with E-state index >= 15 is 0 Å². The minimum atomic E-state index is -4.77. The molecule has 1 unspecified atom stereocenters. The van der Waals surface area contributed by atoms with Crippen LogP contribution in [0.4, 0.5) is 32.0 Å². The molecule has 0 radical (unpaired) electrons. The van der Waals surface area contributed by atoms with E-state index in [4.69, 9.17) is 12.2 Å². The molecule has 0 saturated heterocycles. The van der Waals surface area contributed by atoms with Crippen LogP contribution in [-0.2, 0) is 6.18 Å². The third-order valence-corrected chi connectivity index (χ3v) is 6.10. The molecule has 0 bridgehead atoms. The molecule has 6 nitrogen and oxygen atoms in total. The Morgan fingerprint density at radius 3 is 2.48 bits per heavy atom. The summed E-state index contributed by atoms with van der Waals surface area (Å²) in [5.74, 6) is -0.481. The molecule has 0 aliphatic heterocycles. The molecule has 3 aromatic rings. The van der Waals surface area contributed by atoms with Crippen molar-refractivity contribution in [1.29, 1.82) is 0 Å². The van der Waals surface area contributed by atoms with Crippen LogP contribution >= 0.6 is 12.2 Å². The van der Waals surface area contributed by atoms with Crippen LogP contribution in [0.2, 0.25) is 0 Å². The maximum Gasteiger partial charge on any atom is 0.573 e. The zero-order valence-corrected chi connectivity index (χ0v) is 20.9.